The van der Waals surface area contributed by atoms with E-state index in [9.17, 15) is 9.18 Å². The van der Waals surface area contributed by atoms with Crippen molar-refractivity contribution in [2.24, 2.45) is 0 Å². The number of rotatable bonds is 4. The summed E-state index contributed by atoms with van der Waals surface area (Å²) in [6.07, 6.45) is 3.45. The number of aromatic amines is 1. The number of carbonyl (C=O) groups excluding carboxylic acids is 1. The maximum Gasteiger partial charge on any atom is 0.231 e. The maximum absolute atomic E-state index is 13.6. The lowest BCUT2D eigenvalue weighted by Crippen LogP contribution is -2.34. The summed E-state index contributed by atoms with van der Waals surface area (Å²) in [7, 11) is 0. The van der Waals surface area contributed by atoms with E-state index in [2.05, 4.69) is 10.3 Å². The van der Waals surface area contributed by atoms with Crippen molar-refractivity contribution < 1.29 is 9.18 Å². The minimum Gasteiger partial charge on any atom is -0.361 e. The first-order valence-corrected chi connectivity index (χ1v) is 7.78. The fourth-order valence-electron chi connectivity index (χ4n) is 3.18. The van der Waals surface area contributed by atoms with Crippen LogP contribution >= 0.6 is 0 Å². The molecule has 1 saturated carbocycles. The molecule has 2 aromatic carbocycles. The fraction of sp³-hybridized carbons (Fsp3) is 0.211. The summed E-state index contributed by atoms with van der Waals surface area (Å²) in [5.74, 6) is -0.259. The smallest absolute Gasteiger partial charge is 0.231 e. The predicted molar refractivity (Wildman–Crippen MR) is 87.5 cm³/mol. The Morgan fingerprint density at radius 3 is 2.70 bits per heavy atom. The number of nitrogens with one attached hydrogen (secondary N) is 2. The highest BCUT2D eigenvalue weighted by Gasteiger charge is 2.52. The third-order valence-electron chi connectivity index (χ3n) is 4.64. The first kappa shape index (κ1) is 14.0. The van der Waals surface area contributed by atoms with Crippen molar-refractivity contribution in [2.75, 3.05) is 0 Å². The molecule has 0 aliphatic heterocycles. The summed E-state index contributed by atoms with van der Waals surface area (Å²) in [4.78, 5) is 15.9. The molecular weight excluding hydrogens is 291 g/mol. The minimum absolute atomic E-state index is 0.0199. The predicted octanol–water partition coefficient (Wildman–Crippen LogP) is 3.66. The van der Waals surface area contributed by atoms with E-state index in [1.54, 1.807) is 6.07 Å². The van der Waals surface area contributed by atoms with Crippen LogP contribution in [0.3, 0.4) is 0 Å². The topological polar surface area (TPSA) is 44.9 Å². The molecule has 0 bridgehead atoms. The van der Waals surface area contributed by atoms with Crippen LogP contribution < -0.4 is 5.32 Å². The molecule has 4 heteroatoms. The van der Waals surface area contributed by atoms with Crippen LogP contribution in [0.25, 0.3) is 10.9 Å². The van der Waals surface area contributed by atoms with Crippen LogP contribution in [-0.2, 0) is 16.8 Å². The van der Waals surface area contributed by atoms with E-state index in [-0.39, 0.29) is 11.7 Å². The largest absolute Gasteiger partial charge is 0.361 e. The third-order valence-corrected chi connectivity index (χ3v) is 4.64. The molecule has 2 N–H and O–H groups in total. The Morgan fingerprint density at radius 1 is 1.17 bits per heavy atom. The number of hydrogen-bond acceptors (Lipinski definition) is 1. The molecule has 1 aromatic heterocycles. The molecule has 3 nitrogen and oxygen atoms in total. The lowest BCUT2D eigenvalue weighted by molar-refractivity contribution is -0.123. The molecule has 0 radical (unpaired) electrons. The van der Waals surface area contributed by atoms with E-state index < -0.39 is 5.41 Å². The van der Waals surface area contributed by atoms with Gasteiger partial charge in [-0.25, -0.2) is 4.39 Å². The molecule has 0 spiro atoms. The van der Waals surface area contributed by atoms with Gasteiger partial charge >= 0.3 is 0 Å². The molecule has 116 valence electrons. The summed E-state index contributed by atoms with van der Waals surface area (Å²) < 4.78 is 13.6. The van der Waals surface area contributed by atoms with E-state index >= 15 is 0 Å². The highest BCUT2D eigenvalue weighted by Crippen LogP contribution is 2.50. The SMILES string of the molecule is O=C(NCc1ccccc1)C1(c2c[nH]c3ccc(F)cc23)CC1. The lowest BCUT2D eigenvalue weighted by Gasteiger charge is -2.15. The second-order valence-corrected chi connectivity index (χ2v) is 6.14. The molecule has 1 aliphatic carbocycles. The Kier molecular flexibility index (Phi) is 3.18. The van der Waals surface area contributed by atoms with Crippen LogP contribution in [0.5, 0.6) is 0 Å². The Bertz CT molecular complexity index is 865. The fourth-order valence-corrected chi connectivity index (χ4v) is 3.18. The van der Waals surface area contributed by atoms with Crippen LogP contribution in [0.1, 0.15) is 24.0 Å². The quantitative estimate of drug-likeness (QED) is 0.759. The summed E-state index contributed by atoms with van der Waals surface area (Å²) in [6, 6.07) is 14.5. The van der Waals surface area contributed by atoms with Gasteiger partial charge in [0.05, 0.1) is 5.41 Å². The molecule has 4 rings (SSSR count). The van der Waals surface area contributed by atoms with Crippen LogP contribution in [0, 0.1) is 5.82 Å². The first-order valence-electron chi connectivity index (χ1n) is 7.78. The molecular formula is C19H17FN2O. The number of carbonyl (C=O) groups is 1. The second-order valence-electron chi connectivity index (χ2n) is 6.14. The highest BCUT2D eigenvalue weighted by molar-refractivity contribution is 5.97. The van der Waals surface area contributed by atoms with Crippen molar-refractivity contribution in [3.8, 4) is 0 Å². The van der Waals surface area contributed by atoms with Gasteiger partial charge in [0.15, 0.2) is 0 Å². The highest BCUT2D eigenvalue weighted by atomic mass is 19.1. The lowest BCUT2D eigenvalue weighted by atomic mass is 9.94. The number of halogens is 1. The Balaban J connectivity index is 1.59. The summed E-state index contributed by atoms with van der Waals surface area (Å²) in [5, 5.41) is 3.83. The van der Waals surface area contributed by atoms with Gasteiger partial charge in [-0.2, -0.15) is 0 Å². The number of amides is 1. The molecule has 0 saturated heterocycles. The van der Waals surface area contributed by atoms with Crippen molar-refractivity contribution in [2.45, 2.75) is 24.8 Å². The zero-order valence-electron chi connectivity index (χ0n) is 12.6. The number of fused-ring (bicyclic) bond motifs is 1. The van der Waals surface area contributed by atoms with Gasteiger partial charge in [0.2, 0.25) is 5.91 Å². The molecule has 0 unspecified atom stereocenters. The van der Waals surface area contributed by atoms with Gasteiger partial charge < -0.3 is 10.3 Å². The molecule has 1 aliphatic rings. The second kappa shape index (κ2) is 5.23. The molecule has 3 aromatic rings. The van der Waals surface area contributed by atoms with Crippen molar-refractivity contribution in [1.82, 2.24) is 10.3 Å². The van der Waals surface area contributed by atoms with Crippen LogP contribution in [-0.4, -0.2) is 10.9 Å². The number of H-pyrrole nitrogens is 1. The normalized spacial score (nSPS) is 15.5. The standard InChI is InChI=1S/C19H17FN2O/c20-14-6-7-17-15(10-14)16(12-21-17)19(8-9-19)18(23)22-11-13-4-2-1-3-5-13/h1-7,10,12,21H,8-9,11H2,(H,22,23). The Labute approximate surface area is 133 Å². The van der Waals surface area contributed by atoms with Gasteiger partial charge in [0, 0.05) is 23.6 Å². The summed E-state index contributed by atoms with van der Waals surface area (Å²) in [6.45, 7) is 0.512. The van der Waals surface area contributed by atoms with E-state index in [4.69, 9.17) is 0 Å². The molecule has 0 atom stereocenters. The van der Waals surface area contributed by atoms with Gasteiger partial charge in [-0.05, 0) is 42.2 Å². The number of benzene rings is 2. The Morgan fingerprint density at radius 2 is 1.96 bits per heavy atom. The molecule has 1 fully saturated rings. The van der Waals surface area contributed by atoms with Gasteiger partial charge in [0.25, 0.3) is 0 Å². The van der Waals surface area contributed by atoms with Gasteiger partial charge in [-0.15, -0.1) is 0 Å². The molecule has 1 amide bonds. The van der Waals surface area contributed by atoms with Crippen molar-refractivity contribution in [1.29, 1.82) is 0 Å². The third kappa shape index (κ3) is 2.40. The van der Waals surface area contributed by atoms with E-state index in [1.807, 2.05) is 36.5 Å². The minimum atomic E-state index is -0.513. The maximum atomic E-state index is 13.6. The monoisotopic (exact) mass is 308 g/mol. The van der Waals surface area contributed by atoms with Crippen molar-refractivity contribution >= 4 is 16.8 Å². The van der Waals surface area contributed by atoms with Crippen LogP contribution in [0.4, 0.5) is 4.39 Å². The van der Waals surface area contributed by atoms with E-state index in [0.29, 0.717) is 6.54 Å². The van der Waals surface area contributed by atoms with Crippen molar-refractivity contribution in [3.05, 3.63) is 71.7 Å². The molecule has 23 heavy (non-hydrogen) atoms. The van der Waals surface area contributed by atoms with Crippen LogP contribution in [0.2, 0.25) is 0 Å². The van der Waals surface area contributed by atoms with Gasteiger partial charge in [-0.1, -0.05) is 30.3 Å². The summed E-state index contributed by atoms with van der Waals surface area (Å²) in [5.41, 5.74) is 2.32. The average molecular weight is 308 g/mol. The number of hydrogen-bond donors (Lipinski definition) is 2. The first-order chi connectivity index (χ1) is 11.2. The van der Waals surface area contributed by atoms with Gasteiger partial charge in [0.1, 0.15) is 5.82 Å². The summed E-state index contributed by atoms with van der Waals surface area (Å²) >= 11 is 0. The van der Waals surface area contributed by atoms with Gasteiger partial charge in [-0.3, -0.25) is 4.79 Å². The zero-order chi connectivity index (χ0) is 15.9. The van der Waals surface area contributed by atoms with Crippen LogP contribution in [0.15, 0.2) is 54.7 Å². The zero-order valence-corrected chi connectivity index (χ0v) is 12.6. The van der Waals surface area contributed by atoms with Crippen molar-refractivity contribution in [3.63, 3.8) is 0 Å². The average Bonchev–Trinajstić information content (AvgIpc) is 3.28. The van der Waals surface area contributed by atoms with E-state index in [1.165, 1.54) is 12.1 Å². The Hall–Kier alpha value is -2.62. The van der Waals surface area contributed by atoms with E-state index in [0.717, 1.165) is 34.9 Å². The number of aromatic nitrogens is 1. The molecule has 1 heterocycles.